The van der Waals surface area contributed by atoms with E-state index in [1.807, 2.05) is 12.1 Å². The summed E-state index contributed by atoms with van der Waals surface area (Å²) in [5.74, 6) is 0.381. The zero-order valence-electron chi connectivity index (χ0n) is 11.6. The molecule has 1 fully saturated rings. The minimum absolute atomic E-state index is 0.0468. The average Bonchev–Trinajstić information content (AvgIpc) is 2.46. The van der Waals surface area contributed by atoms with Gasteiger partial charge in [-0.1, -0.05) is 18.2 Å². The fourth-order valence-corrected chi connectivity index (χ4v) is 3.31. The highest BCUT2D eigenvalue weighted by Gasteiger charge is 2.32. The number of benzene rings is 1. The van der Waals surface area contributed by atoms with Crippen molar-refractivity contribution in [1.29, 1.82) is 0 Å². The molecule has 1 N–H and O–H groups in total. The van der Waals surface area contributed by atoms with E-state index in [1.54, 1.807) is 0 Å². The number of amides is 1. The zero-order valence-corrected chi connectivity index (χ0v) is 11.6. The molecular formula is C16H22N2O. The quantitative estimate of drug-likeness (QED) is 0.840. The third-order valence-corrected chi connectivity index (χ3v) is 4.29. The number of hydrogen-bond donors (Lipinski definition) is 1. The van der Waals surface area contributed by atoms with Crippen molar-refractivity contribution in [2.24, 2.45) is 0 Å². The van der Waals surface area contributed by atoms with Crippen molar-refractivity contribution in [3.63, 3.8) is 0 Å². The molecule has 0 aliphatic carbocycles. The van der Waals surface area contributed by atoms with Crippen LogP contribution in [0.3, 0.4) is 0 Å². The minimum Gasteiger partial charge on any atom is -0.382 e. The summed E-state index contributed by atoms with van der Waals surface area (Å²) >= 11 is 0. The Balaban J connectivity index is 1.85. The predicted molar refractivity (Wildman–Crippen MR) is 77.3 cm³/mol. The monoisotopic (exact) mass is 258 g/mol. The second kappa shape index (κ2) is 5.24. The number of nitrogens with one attached hydrogen (secondary N) is 1. The minimum atomic E-state index is 0.0468. The van der Waals surface area contributed by atoms with E-state index < -0.39 is 0 Å². The lowest BCUT2D eigenvalue weighted by atomic mass is 9.86. The smallest absolute Gasteiger partial charge is 0.230 e. The first-order valence-electron chi connectivity index (χ1n) is 7.40. The SMILES string of the molecule is CC1CC(C(=O)N2CCCCC2)c2ccccc2N1. The van der Waals surface area contributed by atoms with Crippen molar-refractivity contribution < 1.29 is 4.79 Å². The molecule has 2 heterocycles. The zero-order chi connectivity index (χ0) is 13.2. The lowest BCUT2D eigenvalue weighted by molar-refractivity contribution is -0.134. The maximum absolute atomic E-state index is 12.8. The molecule has 1 amide bonds. The number of anilines is 1. The Bertz CT molecular complexity index is 466. The molecule has 2 aliphatic rings. The summed E-state index contributed by atoms with van der Waals surface area (Å²) < 4.78 is 0. The third-order valence-electron chi connectivity index (χ3n) is 4.29. The first-order valence-corrected chi connectivity index (χ1v) is 7.40. The van der Waals surface area contributed by atoms with Crippen LogP contribution in [0.2, 0.25) is 0 Å². The van der Waals surface area contributed by atoms with E-state index in [-0.39, 0.29) is 5.92 Å². The van der Waals surface area contributed by atoms with Gasteiger partial charge in [0.1, 0.15) is 0 Å². The van der Waals surface area contributed by atoms with Crippen LogP contribution >= 0.6 is 0 Å². The van der Waals surface area contributed by atoms with Gasteiger partial charge in [-0.25, -0.2) is 0 Å². The van der Waals surface area contributed by atoms with Gasteiger partial charge in [0.25, 0.3) is 0 Å². The number of carbonyl (C=O) groups excluding carboxylic acids is 1. The molecule has 0 spiro atoms. The molecule has 3 nitrogen and oxygen atoms in total. The Hall–Kier alpha value is -1.51. The fourth-order valence-electron chi connectivity index (χ4n) is 3.31. The van der Waals surface area contributed by atoms with Gasteiger partial charge < -0.3 is 10.2 Å². The summed E-state index contributed by atoms with van der Waals surface area (Å²) in [5.41, 5.74) is 2.31. The first kappa shape index (κ1) is 12.5. The van der Waals surface area contributed by atoms with Crippen LogP contribution in [0.4, 0.5) is 5.69 Å². The molecule has 0 aromatic heterocycles. The van der Waals surface area contributed by atoms with Gasteiger partial charge in [0.2, 0.25) is 5.91 Å². The van der Waals surface area contributed by atoms with Crippen LogP contribution in [0.25, 0.3) is 0 Å². The number of hydrogen-bond acceptors (Lipinski definition) is 2. The number of para-hydroxylation sites is 1. The predicted octanol–water partition coefficient (Wildman–Crippen LogP) is 2.99. The first-order chi connectivity index (χ1) is 9.25. The lowest BCUT2D eigenvalue weighted by Crippen LogP contribution is -2.41. The molecule has 102 valence electrons. The lowest BCUT2D eigenvalue weighted by Gasteiger charge is -2.35. The molecule has 0 bridgehead atoms. The van der Waals surface area contributed by atoms with E-state index in [1.165, 1.54) is 12.0 Å². The van der Waals surface area contributed by atoms with Crippen molar-refractivity contribution in [2.45, 2.75) is 44.6 Å². The number of rotatable bonds is 1. The fraction of sp³-hybridized carbons (Fsp3) is 0.562. The maximum atomic E-state index is 12.8. The van der Waals surface area contributed by atoms with Crippen molar-refractivity contribution in [3.05, 3.63) is 29.8 Å². The normalized spacial score (nSPS) is 26.5. The molecule has 19 heavy (non-hydrogen) atoms. The van der Waals surface area contributed by atoms with Crippen molar-refractivity contribution in [3.8, 4) is 0 Å². The Morgan fingerprint density at radius 2 is 1.95 bits per heavy atom. The number of piperidine rings is 1. The molecule has 2 aliphatic heterocycles. The van der Waals surface area contributed by atoms with Gasteiger partial charge in [0, 0.05) is 24.8 Å². The van der Waals surface area contributed by atoms with Crippen LogP contribution in [0.15, 0.2) is 24.3 Å². The molecule has 3 rings (SSSR count). The van der Waals surface area contributed by atoms with E-state index >= 15 is 0 Å². The summed E-state index contributed by atoms with van der Waals surface area (Å²) in [5, 5.41) is 3.48. The van der Waals surface area contributed by atoms with Crippen LogP contribution in [0, 0.1) is 0 Å². The highest BCUT2D eigenvalue weighted by molar-refractivity contribution is 5.86. The molecule has 3 heteroatoms. The summed E-state index contributed by atoms with van der Waals surface area (Å²) in [6.07, 6.45) is 4.50. The van der Waals surface area contributed by atoms with Crippen molar-refractivity contribution in [2.75, 3.05) is 18.4 Å². The summed E-state index contributed by atoms with van der Waals surface area (Å²) in [4.78, 5) is 14.8. The number of likely N-dealkylation sites (tertiary alicyclic amines) is 1. The topological polar surface area (TPSA) is 32.3 Å². The van der Waals surface area contributed by atoms with Gasteiger partial charge in [-0.15, -0.1) is 0 Å². The standard InChI is InChI=1S/C16H22N2O/c1-12-11-14(13-7-3-4-8-15(13)17-12)16(19)18-9-5-2-6-10-18/h3-4,7-8,12,14,17H,2,5-6,9-11H2,1H3. The van der Waals surface area contributed by atoms with Crippen LogP contribution in [-0.4, -0.2) is 29.9 Å². The number of nitrogens with zero attached hydrogens (tertiary/aromatic N) is 1. The Kier molecular flexibility index (Phi) is 3.45. The summed E-state index contributed by atoms with van der Waals surface area (Å²) in [7, 11) is 0. The van der Waals surface area contributed by atoms with E-state index in [0.717, 1.165) is 38.0 Å². The van der Waals surface area contributed by atoms with Gasteiger partial charge >= 0.3 is 0 Å². The maximum Gasteiger partial charge on any atom is 0.230 e. The Morgan fingerprint density at radius 1 is 1.21 bits per heavy atom. The van der Waals surface area contributed by atoms with Crippen LogP contribution in [0.1, 0.15) is 44.1 Å². The van der Waals surface area contributed by atoms with Crippen LogP contribution in [0.5, 0.6) is 0 Å². The second-order valence-corrected chi connectivity index (χ2v) is 5.81. The molecular weight excluding hydrogens is 236 g/mol. The second-order valence-electron chi connectivity index (χ2n) is 5.81. The highest BCUT2D eigenvalue weighted by atomic mass is 16.2. The van der Waals surface area contributed by atoms with E-state index in [9.17, 15) is 4.79 Å². The number of fused-ring (bicyclic) bond motifs is 1. The van der Waals surface area contributed by atoms with Gasteiger partial charge in [0.15, 0.2) is 0 Å². The van der Waals surface area contributed by atoms with Gasteiger partial charge in [-0.05, 0) is 44.2 Å². The Labute approximate surface area is 115 Å². The van der Waals surface area contributed by atoms with Crippen molar-refractivity contribution in [1.82, 2.24) is 4.90 Å². The molecule has 0 saturated carbocycles. The van der Waals surface area contributed by atoms with E-state index in [2.05, 4.69) is 29.3 Å². The van der Waals surface area contributed by atoms with Crippen LogP contribution in [-0.2, 0) is 4.79 Å². The molecule has 2 atom stereocenters. The van der Waals surface area contributed by atoms with Crippen molar-refractivity contribution >= 4 is 11.6 Å². The van der Waals surface area contributed by atoms with E-state index in [0.29, 0.717) is 11.9 Å². The Morgan fingerprint density at radius 3 is 2.74 bits per heavy atom. The third kappa shape index (κ3) is 2.46. The molecule has 2 unspecified atom stereocenters. The molecule has 1 aromatic rings. The van der Waals surface area contributed by atoms with Crippen LogP contribution < -0.4 is 5.32 Å². The summed E-state index contributed by atoms with van der Waals surface area (Å²) in [6.45, 7) is 4.05. The van der Waals surface area contributed by atoms with Gasteiger partial charge in [-0.3, -0.25) is 4.79 Å². The largest absolute Gasteiger partial charge is 0.382 e. The molecule has 0 radical (unpaired) electrons. The summed E-state index contributed by atoms with van der Waals surface area (Å²) in [6, 6.07) is 8.62. The molecule has 1 aromatic carbocycles. The molecule has 1 saturated heterocycles. The number of carbonyl (C=O) groups is 1. The van der Waals surface area contributed by atoms with Gasteiger partial charge in [0.05, 0.1) is 5.92 Å². The average molecular weight is 258 g/mol. The highest BCUT2D eigenvalue weighted by Crippen LogP contribution is 2.35. The van der Waals surface area contributed by atoms with Gasteiger partial charge in [-0.2, -0.15) is 0 Å². The van der Waals surface area contributed by atoms with E-state index in [4.69, 9.17) is 0 Å².